The van der Waals surface area contributed by atoms with Gasteiger partial charge in [-0.05, 0) is 48.8 Å². The van der Waals surface area contributed by atoms with Crippen molar-refractivity contribution in [3.05, 3.63) is 9.26 Å². The Balaban J connectivity index is 2.43. The van der Waals surface area contributed by atoms with Gasteiger partial charge in [-0.3, -0.25) is 0 Å². The zero-order valence-electron chi connectivity index (χ0n) is 13.0. The highest BCUT2D eigenvalue weighted by Gasteiger charge is 2.25. The second-order valence-corrected chi connectivity index (χ2v) is 7.44. The molecule has 0 radical (unpaired) electrons. The summed E-state index contributed by atoms with van der Waals surface area (Å²) in [6.07, 6.45) is 3.82. The van der Waals surface area contributed by atoms with Crippen molar-refractivity contribution in [1.82, 2.24) is 9.97 Å². The van der Waals surface area contributed by atoms with Crippen LogP contribution in [0.5, 0.6) is 0 Å². The van der Waals surface area contributed by atoms with Crippen molar-refractivity contribution in [2.45, 2.75) is 52.4 Å². The highest BCUT2D eigenvalue weighted by Crippen LogP contribution is 2.31. The Morgan fingerprint density at radius 2 is 1.80 bits per heavy atom. The maximum absolute atomic E-state index is 4.88. The van der Waals surface area contributed by atoms with Crippen molar-refractivity contribution in [2.75, 3.05) is 29.9 Å². The first-order valence-corrected chi connectivity index (χ1v) is 8.58. The number of rotatable bonds is 3. The van der Waals surface area contributed by atoms with Crippen LogP contribution in [-0.4, -0.2) is 29.6 Å². The first-order valence-electron chi connectivity index (χ1n) is 7.50. The number of hydrogen-bond donors (Lipinski definition) is 1. The van der Waals surface area contributed by atoms with Gasteiger partial charge in [-0.25, -0.2) is 4.98 Å². The van der Waals surface area contributed by atoms with E-state index in [9.17, 15) is 0 Å². The van der Waals surface area contributed by atoms with Crippen molar-refractivity contribution < 1.29 is 0 Å². The minimum absolute atomic E-state index is 0.0359. The second-order valence-electron chi connectivity index (χ2n) is 6.36. The molecule has 0 amide bonds. The number of halogens is 1. The third-order valence-corrected chi connectivity index (χ3v) is 4.55. The lowest BCUT2D eigenvalue weighted by Crippen LogP contribution is -2.32. The molecule has 2 rings (SSSR count). The highest BCUT2D eigenvalue weighted by atomic mass is 127. The molecule has 0 aliphatic carbocycles. The normalized spacial score (nSPS) is 16.4. The average Bonchev–Trinajstić information content (AvgIpc) is 2.41. The Morgan fingerprint density at radius 3 is 2.35 bits per heavy atom. The summed E-state index contributed by atoms with van der Waals surface area (Å²) in [5.74, 6) is 1.87. The number of nitrogens with zero attached hydrogens (tertiary/aromatic N) is 3. The molecule has 5 heteroatoms. The summed E-state index contributed by atoms with van der Waals surface area (Å²) in [5, 5.41) is 3.38. The van der Waals surface area contributed by atoms with Crippen LogP contribution in [0.1, 0.15) is 52.7 Å². The smallest absolute Gasteiger partial charge is 0.227 e. The van der Waals surface area contributed by atoms with E-state index in [2.05, 4.69) is 60.5 Å². The summed E-state index contributed by atoms with van der Waals surface area (Å²) in [7, 11) is 0. The van der Waals surface area contributed by atoms with Crippen molar-refractivity contribution >= 4 is 34.4 Å². The van der Waals surface area contributed by atoms with Crippen LogP contribution in [0.25, 0.3) is 0 Å². The topological polar surface area (TPSA) is 41.1 Å². The van der Waals surface area contributed by atoms with Crippen LogP contribution in [0.2, 0.25) is 0 Å². The molecule has 1 saturated heterocycles. The van der Waals surface area contributed by atoms with E-state index in [1.54, 1.807) is 0 Å². The van der Waals surface area contributed by atoms with E-state index in [-0.39, 0.29) is 5.41 Å². The summed E-state index contributed by atoms with van der Waals surface area (Å²) in [4.78, 5) is 12.0. The molecular formula is C15H25IN4. The fourth-order valence-electron chi connectivity index (χ4n) is 2.45. The van der Waals surface area contributed by atoms with Gasteiger partial charge >= 0.3 is 0 Å². The van der Waals surface area contributed by atoms with Gasteiger partial charge in [0.1, 0.15) is 5.82 Å². The summed E-state index contributed by atoms with van der Waals surface area (Å²) in [6.45, 7) is 11.8. The Kier molecular flexibility index (Phi) is 5.09. The van der Waals surface area contributed by atoms with Crippen LogP contribution in [0.15, 0.2) is 0 Å². The van der Waals surface area contributed by atoms with E-state index in [0.29, 0.717) is 0 Å². The largest absolute Gasteiger partial charge is 0.369 e. The first-order chi connectivity index (χ1) is 9.43. The minimum atomic E-state index is 0.0359. The molecule has 1 aromatic rings. The van der Waals surface area contributed by atoms with E-state index in [0.717, 1.165) is 40.7 Å². The fourth-order valence-corrected chi connectivity index (χ4v) is 3.69. The van der Waals surface area contributed by atoms with Crippen LogP contribution in [0, 0.1) is 3.57 Å². The van der Waals surface area contributed by atoms with Gasteiger partial charge in [0, 0.05) is 25.0 Å². The van der Waals surface area contributed by atoms with Crippen molar-refractivity contribution in [3.63, 3.8) is 0 Å². The van der Waals surface area contributed by atoms with Crippen LogP contribution < -0.4 is 10.2 Å². The Bertz CT molecular complexity index is 462. The Labute approximate surface area is 135 Å². The molecule has 1 aliphatic rings. The molecule has 2 heterocycles. The molecule has 4 nitrogen and oxygen atoms in total. The minimum Gasteiger partial charge on any atom is -0.369 e. The van der Waals surface area contributed by atoms with Crippen LogP contribution in [0.4, 0.5) is 11.8 Å². The molecule has 1 N–H and O–H groups in total. The lowest BCUT2D eigenvalue weighted by atomic mass is 9.92. The molecule has 1 fully saturated rings. The first kappa shape index (κ1) is 15.8. The Morgan fingerprint density at radius 1 is 1.15 bits per heavy atom. The second kappa shape index (κ2) is 6.45. The van der Waals surface area contributed by atoms with E-state index in [4.69, 9.17) is 9.97 Å². The fraction of sp³-hybridized carbons (Fsp3) is 0.733. The van der Waals surface area contributed by atoms with Crippen molar-refractivity contribution in [1.29, 1.82) is 0 Å². The van der Waals surface area contributed by atoms with E-state index >= 15 is 0 Å². The maximum Gasteiger partial charge on any atom is 0.227 e. The zero-order chi connectivity index (χ0) is 14.8. The third kappa shape index (κ3) is 3.54. The predicted octanol–water partition coefficient (Wildman–Crippen LogP) is 3.80. The maximum atomic E-state index is 4.88. The third-order valence-electron chi connectivity index (χ3n) is 3.53. The van der Waals surface area contributed by atoms with Gasteiger partial charge in [-0.1, -0.05) is 20.8 Å². The van der Waals surface area contributed by atoms with Gasteiger partial charge in [-0.15, -0.1) is 0 Å². The number of hydrogen-bond acceptors (Lipinski definition) is 4. The lowest BCUT2D eigenvalue weighted by Gasteiger charge is -2.29. The van der Waals surface area contributed by atoms with Gasteiger partial charge < -0.3 is 10.2 Å². The van der Waals surface area contributed by atoms with E-state index in [1.807, 2.05) is 0 Å². The molecule has 20 heavy (non-hydrogen) atoms. The molecule has 0 atom stereocenters. The molecule has 0 unspecified atom stereocenters. The van der Waals surface area contributed by atoms with E-state index in [1.165, 1.54) is 19.3 Å². The summed E-state index contributed by atoms with van der Waals surface area (Å²) < 4.78 is 1.15. The SMILES string of the molecule is CCNc1nc(N2CCCCC2)nc(C(C)(C)C)c1I. The molecule has 0 bridgehead atoms. The van der Waals surface area contributed by atoms with Gasteiger partial charge in [0.2, 0.25) is 5.95 Å². The molecule has 0 aromatic carbocycles. The van der Waals surface area contributed by atoms with Gasteiger partial charge in [0.25, 0.3) is 0 Å². The molecule has 1 aromatic heterocycles. The molecule has 1 aliphatic heterocycles. The predicted molar refractivity (Wildman–Crippen MR) is 93.7 cm³/mol. The Hall–Kier alpha value is -0.590. The summed E-state index contributed by atoms with van der Waals surface area (Å²) in [5.41, 5.74) is 1.18. The molecular weight excluding hydrogens is 363 g/mol. The monoisotopic (exact) mass is 388 g/mol. The van der Waals surface area contributed by atoms with Crippen LogP contribution >= 0.6 is 22.6 Å². The van der Waals surface area contributed by atoms with Crippen LogP contribution in [0.3, 0.4) is 0 Å². The summed E-state index contributed by atoms with van der Waals surface area (Å²) >= 11 is 2.37. The molecule has 0 spiro atoms. The summed E-state index contributed by atoms with van der Waals surface area (Å²) in [6, 6.07) is 0. The average molecular weight is 388 g/mol. The number of aromatic nitrogens is 2. The standard InChI is InChI=1S/C15H25IN4/c1-5-17-13-11(16)12(15(2,3)4)18-14(19-13)20-9-7-6-8-10-20/h5-10H2,1-4H3,(H,17,18,19). The van der Waals surface area contributed by atoms with Crippen LogP contribution in [-0.2, 0) is 5.41 Å². The van der Waals surface area contributed by atoms with Gasteiger partial charge in [0.05, 0.1) is 9.26 Å². The van der Waals surface area contributed by atoms with Gasteiger partial charge in [0.15, 0.2) is 0 Å². The highest BCUT2D eigenvalue weighted by molar-refractivity contribution is 14.1. The molecule has 0 saturated carbocycles. The van der Waals surface area contributed by atoms with E-state index < -0.39 is 0 Å². The molecule has 112 valence electrons. The number of piperidine rings is 1. The quantitative estimate of drug-likeness (QED) is 0.800. The van der Waals surface area contributed by atoms with Gasteiger partial charge in [-0.2, -0.15) is 4.98 Å². The number of nitrogens with one attached hydrogen (secondary N) is 1. The number of anilines is 2. The van der Waals surface area contributed by atoms with Crippen molar-refractivity contribution in [2.24, 2.45) is 0 Å². The lowest BCUT2D eigenvalue weighted by molar-refractivity contribution is 0.545. The zero-order valence-corrected chi connectivity index (χ0v) is 15.1. The van der Waals surface area contributed by atoms with Crippen molar-refractivity contribution in [3.8, 4) is 0 Å².